The van der Waals surface area contributed by atoms with Gasteiger partial charge in [-0.05, 0) is 41.5 Å². The van der Waals surface area contributed by atoms with E-state index in [1.54, 1.807) is 6.33 Å². The van der Waals surface area contributed by atoms with Crippen LogP contribution < -0.4 is 0 Å². The van der Waals surface area contributed by atoms with Crippen LogP contribution in [0.3, 0.4) is 0 Å². The van der Waals surface area contributed by atoms with Gasteiger partial charge in [0.25, 0.3) is 0 Å². The van der Waals surface area contributed by atoms with Crippen molar-refractivity contribution in [2.24, 2.45) is 0 Å². The van der Waals surface area contributed by atoms with E-state index in [-0.39, 0.29) is 18.0 Å². The Kier molecular flexibility index (Phi) is 5.85. The maximum absolute atomic E-state index is 12.3. The number of thioether (sulfide) groups is 1. The van der Waals surface area contributed by atoms with Gasteiger partial charge < -0.3 is 9.47 Å². The number of amides is 1. The highest BCUT2D eigenvalue weighted by Crippen LogP contribution is 2.20. The maximum atomic E-state index is 12.3. The number of nitrogens with zero attached hydrogens (tertiary/aromatic N) is 4. The molecule has 1 heterocycles. The van der Waals surface area contributed by atoms with Crippen molar-refractivity contribution < 1.29 is 4.79 Å². The summed E-state index contributed by atoms with van der Waals surface area (Å²) in [6, 6.07) is 0.742. The van der Waals surface area contributed by atoms with Gasteiger partial charge in [-0.3, -0.25) is 4.79 Å². The van der Waals surface area contributed by atoms with Gasteiger partial charge in [0.1, 0.15) is 6.33 Å². The number of rotatable bonds is 6. The highest BCUT2D eigenvalue weighted by Gasteiger charge is 2.21. The molecule has 1 rings (SSSR count). The summed E-state index contributed by atoms with van der Waals surface area (Å²) in [6.07, 6.45) is 1.71. The SMILES string of the molecule is CC(C)N(C(=O)CSc1nncn1C(C)C)C(C)C. The molecular weight excluding hydrogens is 260 g/mol. The number of hydrogen-bond acceptors (Lipinski definition) is 4. The maximum Gasteiger partial charge on any atom is 0.233 e. The second-order valence-corrected chi connectivity index (χ2v) is 6.33. The molecule has 0 atom stereocenters. The van der Waals surface area contributed by atoms with Crippen LogP contribution in [-0.2, 0) is 4.79 Å². The van der Waals surface area contributed by atoms with Crippen LogP contribution in [0.5, 0.6) is 0 Å². The summed E-state index contributed by atoms with van der Waals surface area (Å²) in [4.78, 5) is 14.2. The van der Waals surface area contributed by atoms with Crippen molar-refractivity contribution in [2.45, 2.75) is 64.8 Å². The molecular formula is C13H24N4OS. The average molecular weight is 284 g/mol. The van der Waals surface area contributed by atoms with Crippen molar-refractivity contribution in [1.29, 1.82) is 0 Å². The van der Waals surface area contributed by atoms with E-state index >= 15 is 0 Å². The standard InChI is InChI=1S/C13H24N4OS/c1-9(2)16-8-14-15-13(16)19-7-12(18)17(10(3)4)11(5)6/h8-11H,7H2,1-6H3. The third kappa shape index (κ3) is 4.23. The van der Waals surface area contributed by atoms with E-state index in [1.807, 2.05) is 37.2 Å². The molecule has 5 nitrogen and oxygen atoms in total. The minimum Gasteiger partial charge on any atom is -0.337 e. The van der Waals surface area contributed by atoms with Crippen molar-refractivity contribution >= 4 is 17.7 Å². The Labute approximate surface area is 119 Å². The number of hydrogen-bond donors (Lipinski definition) is 0. The number of carbonyl (C=O) groups excluding carboxylic acids is 1. The molecule has 0 spiro atoms. The van der Waals surface area contributed by atoms with Crippen LogP contribution in [0, 0.1) is 0 Å². The lowest BCUT2D eigenvalue weighted by molar-refractivity contribution is -0.131. The first kappa shape index (κ1) is 16.0. The monoisotopic (exact) mass is 284 g/mol. The molecule has 6 heteroatoms. The Morgan fingerprint density at radius 1 is 1.26 bits per heavy atom. The predicted molar refractivity (Wildman–Crippen MR) is 78.2 cm³/mol. The Balaban J connectivity index is 2.65. The Morgan fingerprint density at radius 2 is 1.84 bits per heavy atom. The van der Waals surface area contributed by atoms with Gasteiger partial charge in [0.15, 0.2) is 5.16 Å². The van der Waals surface area contributed by atoms with Gasteiger partial charge in [-0.2, -0.15) is 0 Å². The molecule has 1 aromatic rings. The van der Waals surface area contributed by atoms with E-state index in [9.17, 15) is 4.79 Å². The Morgan fingerprint density at radius 3 is 2.32 bits per heavy atom. The Bertz CT molecular complexity index is 407. The minimum absolute atomic E-state index is 0.147. The molecule has 0 bridgehead atoms. The van der Waals surface area contributed by atoms with Crippen LogP contribution in [0.1, 0.15) is 47.6 Å². The van der Waals surface area contributed by atoms with E-state index in [2.05, 4.69) is 24.0 Å². The second kappa shape index (κ2) is 6.93. The summed E-state index contributed by atoms with van der Waals surface area (Å²) < 4.78 is 1.98. The van der Waals surface area contributed by atoms with Gasteiger partial charge in [0, 0.05) is 18.1 Å². The topological polar surface area (TPSA) is 51.0 Å². The van der Waals surface area contributed by atoms with Gasteiger partial charge in [-0.25, -0.2) is 0 Å². The van der Waals surface area contributed by atoms with Crippen LogP contribution in [0.15, 0.2) is 11.5 Å². The van der Waals surface area contributed by atoms with E-state index in [4.69, 9.17) is 0 Å². The van der Waals surface area contributed by atoms with Gasteiger partial charge >= 0.3 is 0 Å². The molecule has 1 amide bonds. The van der Waals surface area contributed by atoms with E-state index in [0.29, 0.717) is 11.8 Å². The summed E-state index contributed by atoms with van der Waals surface area (Å²) in [5, 5.41) is 8.77. The second-order valence-electron chi connectivity index (χ2n) is 5.39. The zero-order valence-corrected chi connectivity index (χ0v) is 13.4. The lowest BCUT2D eigenvalue weighted by Crippen LogP contribution is -2.43. The molecule has 0 aliphatic rings. The molecule has 108 valence electrons. The van der Waals surface area contributed by atoms with Crippen LogP contribution >= 0.6 is 11.8 Å². The first-order valence-electron chi connectivity index (χ1n) is 6.68. The highest BCUT2D eigenvalue weighted by atomic mass is 32.2. The van der Waals surface area contributed by atoms with E-state index in [1.165, 1.54) is 11.8 Å². The zero-order valence-electron chi connectivity index (χ0n) is 12.6. The minimum atomic E-state index is 0.147. The fourth-order valence-electron chi connectivity index (χ4n) is 2.06. The van der Waals surface area contributed by atoms with Crippen LogP contribution in [0.2, 0.25) is 0 Å². The Hall–Kier alpha value is -1.04. The molecule has 0 radical (unpaired) electrons. The summed E-state index contributed by atoms with van der Waals surface area (Å²) in [7, 11) is 0. The quantitative estimate of drug-likeness (QED) is 0.753. The lowest BCUT2D eigenvalue weighted by Gasteiger charge is -2.30. The lowest BCUT2D eigenvalue weighted by atomic mass is 10.2. The van der Waals surface area contributed by atoms with E-state index < -0.39 is 0 Å². The molecule has 0 aliphatic heterocycles. The van der Waals surface area contributed by atoms with Gasteiger partial charge in [0.2, 0.25) is 5.91 Å². The molecule has 0 aliphatic carbocycles. The summed E-state index contributed by atoms with van der Waals surface area (Å²) in [5.74, 6) is 0.551. The first-order valence-corrected chi connectivity index (χ1v) is 7.66. The van der Waals surface area contributed by atoms with Crippen LogP contribution in [-0.4, -0.2) is 43.4 Å². The first-order chi connectivity index (χ1) is 8.84. The zero-order chi connectivity index (χ0) is 14.6. The van der Waals surface area contributed by atoms with Crippen molar-refractivity contribution in [3.63, 3.8) is 0 Å². The van der Waals surface area contributed by atoms with Crippen LogP contribution in [0.25, 0.3) is 0 Å². The molecule has 19 heavy (non-hydrogen) atoms. The van der Waals surface area contributed by atoms with Gasteiger partial charge in [-0.15, -0.1) is 10.2 Å². The normalized spacial score (nSPS) is 11.6. The van der Waals surface area contributed by atoms with Crippen molar-refractivity contribution in [3.8, 4) is 0 Å². The summed E-state index contributed by atoms with van der Waals surface area (Å²) >= 11 is 1.45. The van der Waals surface area contributed by atoms with Crippen molar-refractivity contribution in [2.75, 3.05) is 5.75 Å². The largest absolute Gasteiger partial charge is 0.337 e. The van der Waals surface area contributed by atoms with Gasteiger partial charge in [-0.1, -0.05) is 11.8 Å². The number of carbonyl (C=O) groups is 1. The van der Waals surface area contributed by atoms with Crippen LogP contribution in [0.4, 0.5) is 0 Å². The molecule has 1 aromatic heterocycles. The fraction of sp³-hybridized carbons (Fsp3) is 0.769. The van der Waals surface area contributed by atoms with Crippen molar-refractivity contribution in [3.05, 3.63) is 6.33 Å². The van der Waals surface area contributed by atoms with E-state index in [0.717, 1.165) is 5.16 Å². The highest BCUT2D eigenvalue weighted by molar-refractivity contribution is 7.99. The molecule has 0 aromatic carbocycles. The predicted octanol–water partition coefficient (Wildman–Crippen LogP) is 2.60. The fourth-order valence-corrected chi connectivity index (χ4v) is 2.98. The number of aromatic nitrogens is 3. The molecule has 0 saturated carbocycles. The smallest absolute Gasteiger partial charge is 0.233 e. The molecule has 0 fully saturated rings. The third-order valence-electron chi connectivity index (χ3n) is 2.82. The third-order valence-corrected chi connectivity index (χ3v) is 3.76. The molecule has 0 unspecified atom stereocenters. The average Bonchev–Trinajstić information content (AvgIpc) is 2.73. The van der Waals surface area contributed by atoms with Gasteiger partial charge in [0.05, 0.1) is 5.75 Å². The molecule has 0 saturated heterocycles. The summed E-state index contributed by atoms with van der Waals surface area (Å²) in [6.45, 7) is 12.3. The molecule has 0 N–H and O–H groups in total. The summed E-state index contributed by atoms with van der Waals surface area (Å²) in [5.41, 5.74) is 0. The van der Waals surface area contributed by atoms with Crippen molar-refractivity contribution in [1.82, 2.24) is 19.7 Å².